The lowest BCUT2D eigenvalue weighted by molar-refractivity contribution is -0.132. The summed E-state index contributed by atoms with van der Waals surface area (Å²) in [4.78, 5) is 27.2. The van der Waals surface area contributed by atoms with Crippen molar-refractivity contribution in [2.24, 2.45) is 0 Å². The van der Waals surface area contributed by atoms with Crippen LogP contribution in [0.3, 0.4) is 0 Å². The topological polar surface area (TPSA) is 53.8 Å². The van der Waals surface area contributed by atoms with Gasteiger partial charge in [-0.1, -0.05) is 30.0 Å². The lowest BCUT2D eigenvalue weighted by Gasteiger charge is -2.25. The maximum atomic E-state index is 12.4. The number of benzene rings is 1. The second-order valence-corrected chi connectivity index (χ2v) is 6.45. The maximum Gasteiger partial charge on any atom is 0.282 e. The minimum Gasteiger partial charge on any atom is -0.459 e. The molecule has 0 aliphatic carbocycles. The Labute approximate surface area is 133 Å². The molecule has 0 spiro atoms. The highest BCUT2D eigenvalue weighted by atomic mass is 32.2. The zero-order chi connectivity index (χ0) is 15.7. The van der Waals surface area contributed by atoms with Crippen molar-refractivity contribution in [3.8, 4) is 0 Å². The molecule has 1 atom stereocenters. The van der Waals surface area contributed by atoms with Crippen LogP contribution in [0.5, 0.6) is 0 Å². The van der Waals surface area contributed by atoms with E-state index in [0.717, 1.165) is 22.5 Å². The average Bonchev–Trinajstić information content (AvgIpc) is 3.12. The second kappa shape index (κ2) is 6.04. The third-order valence-electron chi connectivity index (χ3n) is 4.00. The van der Waals surface area contributed by atoms with Gasteiger partial charge in [-0.25, -0.2) is 0 Å². The molecule has 1 aliphatic heterocycles. The molecule has 1 aromatic heterocycles. The first-order chi connectivity index (χ1) is 10.6. The molecule has 5 nitrogen and oxygen atoms in total. The van der Waals surface area contributed by atoms with E-state index in [1.165, 1.54) is 11.8 Å². The number of hydrogen-bond acceptors (Lipinski definition) is 4. The van der Waals surface area contributed by atoms with E-state index in [1.54, 1.807) is 16.8 Å². The van der Waals surface area contributed by atoms with Crippen molar-refractivity contribution < 1.29 is 14.0 Å². The third-order valence-corrected chi connectivity index (χ3v) is 4.89. The predicted molar refractivity (Wildman–Crippen MR) is 86.8 cm³/mol. The molecule has 2 aromatic rings. The first-order valence-corrected chi connectivity index (χ1v) is 8.20. The Morgan fingerprint density at radius 1 is 1.45 bits per heavy atom. The standard InChI is InChI=1S/C16H18N2O3S/c1-11(14-9-12-5-3-4-6-13(12)21-14)17(2)15(19)10-18-7-8-22-16(18)20/h3-6,9,11H,7-8,10H2,1-2H3/t11-/m1/s1. The van der Waals surface area contributed by atoms with Crippen molar-refractivity contribution in [1.82, 2.24) is 9.80 Å². The van der Waals surface area contributed by atoms with Gasteiger partial charge in [0, 0.05) is 24.7 Å². The fourth-order valence-corrected chi connectivity index (χ4v) is 3.28. The molecule has 116 valence electrons. The molecule has 0 unspecified atom stereocenters. The van der Waals surface area contributed by atoms with Crippen LogP contribution in [0.2, 0.25) is 0 Å². The largest absolute Gasteiger partial charge is 0.459 e. The van der Waals surface area contributed by atoms with Gasteiger partial charge in [0.05, 0.1) is 6.04 Å². The van der Waals surface area contributed by atoms with E-state index in [4.69, 9.17) is 4.42 Å². The van der Waals surface area contributed by atoms with E-state index in [-0.39, 0.29) is 23.7 Å². The van der Waals surface area contributed by atoms with Gasteiger partial charge in [-0.2, -0.15) is 0 Å². The van der Waals surface area contributed by atoms with E-state index in [9.17, 15) is 9.59 Å². The molecule has 1 aliphatic rings. The van der Waals surface area contributed by atoms with Crippen LogP contribution < -0.4 is 0 Å². The molecular formula is C16H18N2O3S. The molecule has 0 N–H and O–H groups in total. The summed E-state index contributed by atoms with van der Waals surface area (Å²) in [5.74, 6) is 1.43. The molecule has 0 saturated carbocycles. The van der Waals surface area contributed by atoms with Crippen LogP contribution in [0.4, 0.5) is 4.79 Å². The number of hydrogen-bond donors (Lipinski definition) is 0. The van der Waals surface area contributed by atoms with E-state index < -0.39 is 0 Å². The van der Waals surface area contributed by atoms with E-state index in [0.29, 0.717) is 6.54 Å². The summed E-state index contributed by atoms with van der Waals surface area (Å²) in [5, 5.41) is 1.01. The second-order valence-electron chi connectivity index (χ2n) is 5.40. The monoisotopic (exact) mass is 318 g/mol. The number of amides is 2. The number of likely N-dealkylation sites (N-methyl/N-ethyl adjacent to an activating group) is 1. The first kappa shape index (κ1) is 15.0. The molecule has 2 amide bonds. The van der Waals surface area contributed by atoms with Gasteiger partial charge in [0.15, 0.2) is 0 Å². The lowest BCUT2D eigenvalue weighted by Crippen LogP contribution is -2.39. The van der Waals surface area contributed by atoms with Crippen molar-refractivity contribution in [3.05, 3.63) is 36.1 Å². The van der Waals surface area contributed by atoms with E-state index in [1.807, 2.05) is 37.3 Å². The minimum absolute atomic E-state index is 0.0156. The fourth-order valence-electron chi connectivity index (χ4n) is 2.46. The first-order valence-electron chi connectivity index (χ1n) is 7.22. The molecule has 6 heteroatoms. The van der Waals surface area contributed by atoms with Gasteiger partial charge in [0.1, 0.15) is 17.9 Å². The van der Waals surface area contributed by atoms with Gasteiger partial charge in [-0.3, -0.25) is 9.59 Å². The molecule has 1 aromatic carbocycles. The average molecular weight is 318 g/mol. The predicted octanol–water partition coefficient (Wildman–Crippen LogP) is 3.12. The number of rotatable bonds is 4. The summed E-state index contributed by atoms with van der Waals surface area (Å²) in [7, 11) is 1.74. The molecule has 22 heavy (non-hydrogen) atoms. The number of furan rings is 1. The van der Waals surface area contributed by atoms with E-state index >= 15 is 0 Å². The van der Waals surface area contributed by atoms with Crippen LogP contribution >= 0.6 is 11.8 Å². The van der Waals surface area contributed by atoms with Crippen LogP contribution in [0, 0.1) is 0 Å². The number of fused-ring (bicyclic) bond motifs is 1. The Morgan fingerprint density at radius 2 is 2.23 bits per heavy atom. The third kappa shape index (κ3) is 2.83. The smallest absolute Gasteiger partial charge is 0.282 e. The summed E-state index contributed by atoms with van der Waals surface area (Å²) in [6, 6.07) is 9.56. The van der Waals surface area contributed by atoms with Crippen LogP contribution in [-0.4, -0.2) is 46.8 Å². The normalized spacial score (nSPS) is 16.3. The molecule has 3 rings (SSSR count). The van der Waals surface area contributed by atoms with Gasteiger partial charge in [-0.15, -0.1) is 0 Å². The van der Waals surface area contributed by atoms with Crippen molar-refractivity contribution >= 4 is 33.9 Å². The number of nitrogens with zero attached hydrogens (tertiary/aromatic N) is 2. The van der Waals surface area contributed by atoms with Crippen molar-refractivity contribution in [3.63, 3.8) is 0 Å². The molecule has 1 saturated heterocycles. The van der Waals surface area contributed by atoms with Gasteiger partial charge in [0.25, 0.3) is 5.24 Å². The molecule has 0 radical (unpaired) electrons. The molecule has 1 fully saturated rings. The molecular weight excluding hydrogens is 300 g/mol. The molecule has 0 bridgehead atoms. The quantitative estimate of drug-likeness (QED) is 0.869. The maximum absolute atomic E-state index is 12.4. The highest BCUT2D eigenvalue weighted by Crippen LogP contribution is 2.27. The highest BCUT2D eigenvalue weighted by Gasteiger charge is 2.27. The number of para-hydroxylation sites is 1. The summed E-state index contributed by atoms with van der Waals surface area (Å²) in [6.07, 6.45) is 0. The van der Waals surface area contributed by atoms with Crippen molar-refractivity contribution in [1.29, 1.82) is 0 Å². The summed E-state index contributed by atoms with van der Waals surface area (Å²) in [6.45, 7) is 2.70. The Morgan fingerprint density at radius 3 is 2.91 bits per heavy atom. The van der Waals surface area contributed by atoms with Crippen LogP contribution in [-0.2, 0) is 4.79 Å². The minimum atomic E-state index is -0.176. The Hall–Kier alpha value is -1.95. The van der Waals surface area contributed by atoms with Crippen molar-refractivity contribution in [2.75, 3.05) is 25.9 Å². The SMILES string of the molecule is C[C@H](c1cc2ccccc2o1)N(C)C(=O)CN1CCSC1=O. The van der Waals surface area contributed by atoms with Gasteiger partial charge in [-0.05, 0) is 19.1 Å². The van der Waals surface area contributed by atoms with Crippen LogP contribution in [0.25, 0.3) is 11.0 Å². The lowest BCUT2D eigenvalue weighted by atomic mass is 10.2. The summed E-state index contributed by atoms with van der Waals surface area (Å²) in [5.41, 5.74) is 0.816. The summed E-state index contributed by atoms with van der Waals surface area (Å²) < 4.78 is 5.81. The number of carbonyl (C=O) groups excluding carboxylic acids is 2. The fraction of sp³-hybridized carbons (Fsp3) is 0.375. The van der Waals surface area contributed by atoms with E-state index in [2.05, 4.69) is 0 Å². The highest BCUT2D eigenvalue weighted by molar-refractivity contribution is 8.13. The van der Waals surface area contributed by atoms with Gasteiger partial charge < -0.3 is 14.2 Å². The Bertz CT molecular complexity index is 679. The number of carbonyl (C=O) groups is 2. The van der Waals surface area contributed by atoms with Crippen molar-refractivity contribution in [2.45, 2.75) is 13.0 Å². The Balaban J connectivity index is 1.71. The number of thioether (sulfide) groups is 1. The molecule has 2 heterocycles. The van der Waals surface area contributed by atoms with Gasteiger partial charge in [0.2, 0.25) is 5.91 Å². The van der Waals surface area contributed by atoms with Crippen LogP contribution in [0.15, 0.2) is 34.7 Å². The Kier molecular flexibility index (Phi) is 4.11. The van der Waals surface area contributed by atoms with Gasteiger partial charge >= 0.3 is 0 Å². The zero-order valence-electron chi connectivity index (χ0n) is 12.6. The summed E-state index contributed by atoms with van der Waals surface area (Å²) >= 11 is 1.26. The van der Waals surface area contributed by atoms with Crippen LogP contribution in [0.1, 0.15) is 18.7 Å². The zero-order valence-corrected chi connectivity index (χ0v) is 13.4.